The minimum Gasteiger partial charge on any atom is -0.476 e. The van der Waals surface area contributed by atoms with Crippen LogP contribution in [0.4, 0.5) is 0 Å². The molecule has 5 heteroatoms. The van der Waals surface area contributed by atoms with Gasteiger partial charge >= 0.3 is 5.97 Å². The molecule has 0 N–H and O–H groups in total. The second-order valence-corrected chi connectivity index (χ2v) is 7.33. The third kappa shape index (κ3) is 4.10. The van der Waals surface area contributed by atoms with Gasteiger partial charge in [0.25, 0.3) is 0 Å². The van der Waals surface area contributed by atoms with Crippen LogP contribution in [0.1, 0.15) is 42.6 Å². The number of ketones is 1. The zero-order valence-electron chi connectivity index (χ0n) is 14.1. The minimum atomic E-state index is -0.861. The van der Waals surface area contributed by atoms with Crippen LogP contribution in [0.5, 0.6) is 5.75 Å². The Morgan fingerprint density at radius 2 is 1.72 bits per heavy atom. The van der Waals surface area contributed by atoms with Crippen molar-refractivity contribution in [1.82, 2.24) is 0 Å². The molecule has 0 atom stereocenters. The van der Waals surface area contributed by atoms with Crippen molar-refractivity contribution in [3.63, 3.8) is 0 Å². The predicted molar refractivity (Wildman–Crippen MR) is 97.8 cm³/mol. The van der Waals surface area contributed by atoms with Gasteiger partial charge in [0.2, 0.25) is 5.60 Å². The molecule has 0 bridgehead atoms. The van der Waals surface area contributed by atoms with Crippen molar-refractivity contribution in [2.45, 2.75) is 38.4 Å². The lowest BCUT2D eigenvalue weighted by molar-refractivity contribution is -0.158. The summed E-state index contributed by atoms with van der Waals surface area (Å²) in [6, 6.07) is 14.1. The van der Waals surface area contributed by atoms with Crippen LogP contribution in [0.3, 0.4) is 0 Å². The molecule has 4 nitrogen and oxygen atoms in total. The van der Waals surface area contributed by atoms with E-state index in [-0.39, 0.29) is 17.9 Å². The topological polar surface area (TPSA) is 52.6 Å². The number of halogens is 1. The first kappa shape index (κ1) is 17.7. The van der Waals surface area contributed by atoms with Gasteiger partial charge < -0.3 is 9.47 Å². The molecule has 0 amide bonds. The molecule has 0 aromatic heterocycles. The molecular weight excluding hydrogens is 384 g/mol. The maximum atomic E-state index is 12.5. The summed E-state index contributed by atoms with van der Waals surface area (Å²) in [5.41, 5.74) is 0.322. The molecule has 0 aliphatic heterocycles. The first-order valence-electron chi connectivity index (χ1n) is 8.20. The average Bonchev–Trinajstić information content (AvgIpc) is 3.35. The van der Waals surface area contributed by atoms with Crippen molar-refractivity contribution >= 4 is 27.7 Å². The SMILES string of the molecule is CC(C)OC(=O)C1(Oc2ccc(C(=O)c3cccc(Br)c3)cc2)CC1. The zero-order chi connectivity index (χ0) is 18.0. The molecule has 1 fully saturated rings. The maximum absolute atomic E-state index is 12.5. The lowest BCUT2D eigenvalue weighted by Crippen LogP contribution is -2.33. The van der Waals surface area contributed by atoms with Gasteiger partial charge in [0.1, 0.15) is 5.75 Å². The number of benzene rings is 2. The fourth-order valence-electron chi connectivity index (χ4n) is 2.48. The third-order valence-corrected chi connectivity index (χ3v) is 4.43. The summed E-state index contributed by atoms with van der Waals surface area (Å²) < 4.78 is 12.0. The number of carbonyl (C=O) groups is 2. The zero-order valence-corrected chi connectivity index (χ0v) is 15.7. The Morgan fingerprint density at radius 1 is 1.04 bits per heavy atom. The highest BCUT2D eigenvalue weighted by Crippen LogP contribution is 2.41. The van der Waals surface area contributed by atoms with Crippen LogP contribution in [-0.2, 0) is 9.53 Å². The summed E-state index contributed by atoms with van der Waals surface area (Å²) in [6.07, 6.45) is 1.13. The van der Waals surface area contributed by atoms with Gasteiger partial charge in [0, 0.05) is 28.4 Å². The average molecular weight is 403 g/mol. The van der Waals surface area contributed by atoms with Gasteiger partial charge in [0.05, 0.1) is 6.10 Å². The molecular formula is C20H19BrO4. The quantitative estimate of drug-likeness (QED) is 0.525. The predicted octanol–water partition coefficient (Wildman–Crippen LogP) is 4.54. The molecule has 0 saturated heterocycles. The van der Waals surface area contributed by atoms with Crippen molar-refractivity contribution in [2.24, 2.45) is 0 Å². The molecule has 130 valence electrons. The number of carbonyl (C=O) groups excluding carboxylic acids is 2. The van der Waals surface area contributed by atoms with Gasteiger partial charge in [-0.05, 0) is 50.2 Å². The van der Waals surface area contributed by atoms with Crippen LogP contribution in [0.15, 0.2) is 53.0 Å². The van der Waals surface area contributed by atoms with Gasteiger partial charge in [-0.1, -0.05) is 28.1 Å². The maximum Gasteiger partial charge on any atom is 0.350 e. The molecule has 3 rings (SSSR count). The Bertz CT molecular complexity index is 792. The second-order valence-electron chi connectivity index (χ2n) is 6.41. The Labute approximate surface area is 155 Å². The van der Waals surface area contributed by atoms with E-state index in [0.717, 1.165) is 4.47 Å². The fourth-order valence-corrected chi connectivity index (χ4v) is 2.88. The van der Waals surface area contributed by atoms with E-state index < -0.39 is 5.60 Å². The van der Waals surface area contributed by atoms with Crippen LogP contribution >= 0.6 is 15.9 Å². The second kappa shape index (κ2) is 7.00. The Morgan fingerprint density at radius 3 is 2.28 bits per heavy atom. The van der Waals surface area contributed by atoms with Crippen molar-refractivity contribution in [3.8, 4) is 5.75 Å². The summed E-state index contributed by atoms with van der Waals surface area (Å²) in [5.74, 6) is 0.175. The van der Waals surface area contributed by atoms with Crippen LogP contribution < -0.4 is 4.74 Å². The summed E-state index contributed by atoms with van der Waals surface area (Å²) in [4.78, 5) is 24.6. The highest BCUT2D eigenvalue weighted by molar-refractivity contribution is 9.10. The summed E-state index contributed by atoms with van der Waals surface area (Å²) >= 11 is 3.37. The molecule has 1 aliphatic rings. The normalized spacial score (nSPS) is 14.9. The molecule has 0 spiro atoms. The van der Waals surface area contributed by atoms with Crippen LogP contribution in [-0.4, -0.2) is 23.5 Å². The van der Waals surface area contributed by atoms with Crippen molar-refractivity contribution in [2.75, 3.05) is 0 Å². The van der Waals surface area contributed by atoms with Gasteiger partial charge in [-0.2, -0.15) is 0 Å². The smallest absolute Gasteiger partial charge is 0.350 e. The number of hydrogen-bond donors (Lipinski definition) is 0. The van der Waals surface area contributed by atoms with Crippen molar-refractivity contribution < 1.29 is 19.1 Å². The van der Waals surface area contributed by atoms with Crippen LogP contribution in [0, 0.1) is 0 Å². The van der Waals surface area contributed by atoms with Crippen LogP contribution in [0.25, 0.3) is 0 Å². The number of esters is 1. The van der Waals surface area contributed by atoms with E-state index in [0.29, 0.717) is 29.7 Å². The largest absolute Gasteiger partial charge is 0.476 e. The third-order valence-electron chi connectivity index (χ3n) is 3.94. The van der Waals surface area contributed by atoms with E-state index in [1.807, 2.05) is 26.0 Å². The molecule has 0 heterocycles. The lowest BCUT2D eigenvalue weighted by atomic mass is 10.0. The van der Waals surface area contributed by atoms with E-state index in [4.69, 9.17) is 9.47 Å². The lowest BCUT2D eigenvalue weighted by Gasteiger charge is -2.18. The Hall–Kier alpha value is -2.14. The molecule has 2 aromatic rings. The summed E-state index contributed by atoms with van der Waals surface area (Å²) in [6.45, 7) is 3.63. The van der Waals surface area contributed by atoms with E-state index in [9.17, 15) is 9.59 Å². The van der Waals surface area contributed by atoms with Crippen molar-refractivity contribution in [1.29, 1.82) is 0 Å². The molecule has 0 unspecified atom stereocenters. The highest BCUT2D eigenvalue weighted by Gasteiger charge is 2.54. The summed E-state index contributed by atoms with van der Waals surface area (Å²) in [7, 11) is 0. The van der Waals surface area contributed by atoms with Crippen molar-refractivity contribution in [3.05, 3.63) is 64.1 Å². The molecule has 2 aromatic carbocycles. The Kier molecular flexibility index (Phi) is 4.95. The van der Waals surface area contributed by atoms with E-state index in [1.165, 1.54) is 0 Å². The highest BCUT2D eigenvalue weighted by atomic mass is 79.9. The van der Waals surface area contributed by atoms with Gasteiger partial charge in [0.15, 0.2) is 5.78 Å². The first-order chi connectivity index (χ1) is 11.9. The van der Waals surface area contributed by atoms with Crippen LogP contribution in [0.2, 0.25) is 0 Å². The van der Waals surface area contributed by atoms with E-state index >= 15 is 0 Å². The van der Waals surface area contributed by atoms with E-state index in [2.05, 4.69) is 15.9 Å². The van der Waals surface area contributed by atoms with E-state index in [1.54, 1.807) is 36.4 Å². The standard InChI is InChI=1S/C20H19BrO4/c1-13(2)24-19(23)20(10-11-20)25-17-8-6-14(7-9-17)18(22)15-4-3-5-16(21)12-15/h3-9,12-13H,10-11H2,1-2H3. The molecule has 1 aliphatic carbocycles. The minimum absolute atomic E-state index is 0.0618. The Balaban J connectivity index is 1.71. The first-order valence-corrected chi connectivity index (χ1v) is 8.99. The number of hydrogen-bond acceptors (Lipinski definition) is 4. The number of rotatable bonds is 6. The molecule has 0 radical (unpaired) electrons. The van der Waals surface area contributed by atoms with Gasteiger partial charge in [-0.15, -0.1) is 0 Å². The van der Waals surface area contributed by atoms with Gasteiger partial charge in [-0.25, -0.2) is 4.79 Å². The molecule has 25 heavy (non-hydrogen) atoms. The van der Waals surface area contributed by atoms with Gasteiger partial charge in [-0.3, -0.25) is 4.79 Å². The monoisotopic (exact) mass is 402 g/mol. The fraction of sp³-hybridized carbons (Fsp3) is 0.300. The molecule has 1 saturated carbocycles. The summed E-state index contributed by atoms with van der Waals surface area (Å²) in [5, 5.41) is 0. The number of ether oxygens (including phenoxy) is 2.